The third-order valence-corrected chi connectivity index (χ3v) is 5.40. The average molecular weight is 260 g/mol. The Hall–Kier alpha value is -1.25. The summed E-state index contributed by atoms with van der Waals surface area (Å²) in [5, 5.41) is 0. The van der Waals surface area contributed by atoms with Gasteiger partial charge in [-0.1, -0.05) is 0 Å². The molecule has 102 valence electrons. The highest BCUT2D eigenvalue weighted by Crippen LogP contribution is 2.60. The largest absolute Gasteiger partial charge is 0.459 e. The summed E-state index contributed by atoms with van der Waals surface area (Å²) in [6.07, 6.45) is 9.59. The zero-order valence-electron chi connectivity index (χ0n) is 11.1. The van der Waals surface area contributed by atoms with E-state index in [1.54, 1.807) is 12.1 Å². The highest BCUT2D eigenvalue weighted by molar-refractivity contribution is 5.86. The van der Waals surface area contributed by atoms with E-state index in [4.69, 9.17) is 9.15 Å². The first-order chi connectivity index (χ1) is 9.22. The van der Waals surface area contributed by atoms with Gasteiger partial charge in [0, 0.05) is 5.41 Å². The van der Waals surface area contributed by atoms with Crippen LogP contribution in [0.4, 0.5) is 0 Å². The number of hydrogen-bond acceptors (Lipinski definition) is 3. The van der Waals surface area contributed by atoms with Gasteiger partial charge in [-0.15, -0.1) is 0 Å². The molecule has 0 amide bonds. The predicted octanol–water partition coefficient (Wildman–Crippen LogP) is 3.65. The lowest BCUT2D eigenvalue weighted by Crippen LogP contribution is -2.48. The van der Waals surface area contributed by atoms with Crippen LogP contribution in [0.15, 0.2) is 22.8 Å². The van der Waals surface area contributed by atoms with Crippen LogP contribution in [-0.2, 0) is 4.74 Å². The van der Waals surface area contributed by atoms with E-state index < -0.39 is 0 Å². The average Bonchev–Trinajstić information content (AvgIpc) is 2.88. The van der Waals surface area contributed by atoms with Gasteiger partial charge in [-0.3, -0.25) is 0 Å². The van der Waals surface area contributed by atoms with E-state index in [2.05, 4.69) is 0 Å². The number of hydrogen-bond donors (Lipinski definition) is 0. The second-order valence-corrected chi connectivity index (χ2v) is 6.97. The first kappa shape index (κ1) is 11.6. The minimum atomic E-state index is -0.305. The summed E-state index contributed by atoms with van der Waals surface area (Å²) >= 11 is 0. The fourth-order valence-corrected chi connectivity index (χ4v) is 5.15. The summed E-state index contributed by atoms with van der Waals surface area (Å²) < 4.78 is 10.6. The van der Waals surface area contributed by atoms with Crippen LogP contribution >= 0.6 is 0 Å². The summed E-state index contributed by atoms with van der Waals surface area (Å²) in [4.78, 5) is 11.9. The summed E-state index contributed by atoms with van der Waals surface area (Å²) in [6.45, 7) is 0.593. The Morgan fingerprint density at radius 3 is 2.37 bits per heavy atom. The number of esters is 1. The quantitative estimate of drug-likeness (QED) is 0.779. The summed E-state index contributed by atoms with van der Waals surface area (Å²) in [7, 11) is 0. The Morgan fingerprint density at radius 2 is 1.84 bits per heavy atom. The highest BCUT2D eigenvalue weighted by atomic mass is 16.5. The van der Waals surface area contributed by atoms with Gasteiger partial charge in [0.2, 0.25) is 5.76 Å². The van der Waals surface area contributed by atoms with Gasteiger partial charge in [0.1, 0.15) is 0 Å². The summed E-state index contributed by atoms with van der Waals surface area (Å²) in [6, 6.07) is 3.39. The van der Waals surface area contributed by atoms with E-state index in [1.165, 1.54) is 44.8 Å². The van der Waals surface area contributed by atoms with E-state index in [9.17, 15) is 4.79 Å². The van der Waals surface area contributed by atoms with Crippen LogP contribution in [0.25, 0.3) is 0 Å². The second kappa shape index (κ2) is 4.12. The van der Waals surface area contributed by atoms with Gasteiger partial charge >= 0.3 is 5.97 Å². The fourth-order valence-electron chi connectivity index (χ4n) is 5.15. The van der Waals surface area contributed by atoms with Crippen LogP contribution < -0.4 is 0 Å². The molecule has 0 radical (unpaired) electrons. The number of furan rings is 1. The Labute approximate surface area is 113 Å². The molecule has 4 fully saturated rings. The van der Waals surface area contributed by atoms with Gasteiger partial charge in [-0.2, -0.15) is 0 Å². The van der Waals surface area contributed by atoms with Gasteiger partial charge < -0.3 is 9.15 Å². The topological polar surface area (TPSA) is 39.4 Å². The maximum absolute atomic E-state index is 11.9. The van der Waals surface area contributed by atoms with Crippen LogP contribution in [0, 0.1) is 23.2 Å². The lowest BCUT2D eigenvalue weighted by molar-refractivity contribution is -0.0853. The molecule has 4 aliphatic carbocycles. The minimum absolute atomic E-state index is 0.289. The van der Waals surface area contributed by atoms with E-state index >= 15 is 0 Å². The molecule has 1 aromatic heterocycles. The van der Waals surface area contributed by atoms with Crippen LogP contribution in [0.3, 0.4) is 0 Å². The van der Waals surface area contributed by atoms with E-state index in [-0.39, 0.29) is 11.4 Å². The predicted molar refractivity (Wildman–Crippen MR) is 69.6 cm³/mol. The lowest BCUT2D eigenvalue weighted by atomic mass is 9.50. The van der Waals surface area contributed by atoms with Gasteiger partial charge in [-0.25, -0.2) is 4.79 Å². The van der Waals surface area contributed by atoms with Gasteiger partial charge in [0.15, 0.2) is 0 Å². The zero-order valence-corrected chi connectivity index (χ0v) is 11.1. The SMILES string of the molecule is O=C(OCC12CC3CC(CC(C3)C1)C2)c1ccco1. The van der Waals surface area contributed by atoms with Crippen molar-refractivity contribution in [2.24, 2.45) is 23.2 Å². The molecule has 3 nitrogen and oxygen atoms in total. The van der Waals surface area contributed by atoms with E-state index in [0.717, 1.165) is 17.8 Å². The van der Waals surface area contributed by atoms with Crippen molar-refractivity contribution < 1.29 is 13.9 Å². The molecule has 0 aliphatic heterocycles. The van der Waals surface area contributed by atoms with Crippen molar-refractivity contribution in [2.45, 2.75) is 38.5 Å². The summed E-state index contributed by atoms with van der Waals surface area (Å²) in [5.74, 6) is 2.71. The van der Waals surface area contributed by atoms with Crippen LogP contribution in [0.1, 0.15) is 49.1 Å². The smallest absolute Gasteiger partial charge is 0.374 e. The maximum Gasteiger partial charge on any atom is 0.374 e. The molecule has 1 aromatic rings. The molecule has 5 rings (SSSR count). The first-order valence-corrected chi connectivity index (χ1v) is 7.43. The number of carbonyl (C=O) groups excluding carboxylic acids is 1. The molecule has 19 heavy (non-hydrogen) atoms. The van der Waals surface area contributed by atoms with Gasteiger partial charge in [-0.05, 0) is 68.4 Å². The van der Waals surface area contributed by atoms with Crippen molar-refractivity contribution in [3.8, 4) is 0 Å². The molecule has 0 aromatic carbocycles. The second-order valence-electron chi connectivity index (χ2n) is 6.97. The molecule has 4 bridgehead atoms. The molecule has 0 saturated heterocycles. The molecular formula is C16H20O3. The zero-order chi connectivity index (χ0) is 12.9. The minimum Gasteiger partial charge on any atom is -0.459 e. The first-order valence-electron chi connectivity index (χ1n) is 7.43. The van der Waals surface area contributed by atoms with E-state index in [0.29, 0.717) is 12.4 Å². The molecule has 0 spiro atoms. The third kappa shape index (κ3) is 1.99. The molecule has 4 aliphatic rings. The summed E-state index contributed by atoms with van der Waals surface area (Å²) in [5.41, 5.74) is 0.289. The molecule has 0 unspecified atom stereocenters. The number of ether oxygens (including phenoxy) is 1. The number of carbonyl (C=O) groups is 1. The molecule has 0 N–H and O–H groups in total. The Bertz CT molecular complexity index is 439. The van der Waals surface area contributed by atoms with Crippen LogP contribution in [0.5, 0.6) is 0 Å². The Balaban J connectivity index is 1.44. The van der Waals surface area contributed by atoms with Crippen molar-refractivity contribution in [3.05, 3.63) is 24.2 Å². The Morgan fingerprint density at radius 1 is 1.21 bits per heavy atom. The third-order valence-electron chi connectivity index (χ3n) is 5.40. The van der Waals surface area contributed by atoms with Crippen molar-refractivity contribution in [2.75, 3.05) is 6.61 Å². The monoisotopic (exact) mass is 260 g/mol. The van der Waals surface area contributed by atoms with Gasteiger partial charge in [0.05, 0.1) is 12.9 Å². The normalized spacial score (nSPS) is 39.5. The molecule has 1 heterocycles. The highest BCUT2D eigenvalue weighted by Gasteiger charge is 2.51. The van der Waals surface area contributed by atoms with Gasteiger partial charge in [0.25, 0.3) is 0 Å². The number of rotatable bonds is 3. The molecule has 3 heteroatoms. The maximum atomic E-state index is 11.9. The van der Waals surface area contributed by atoms with Crippen LogP contribution in [-0.4, -0.2) is 12.6 Å². The van der Waals surface area contributed by atoms with Crippen molar-refractivity contribution >= 4 is 5.97 Å². The Kier molecular flexibility index (Phi) is 2.51. The molecule has 4 saturated carbocycles. The lowest BCUT2D eigenvalue weighted by Gasteiger charge is -2.56. The van der Waals surface area contributed by atoms with Crippen LogP contribution in [0.2, 0.25) is 0 Å². The molecule has 0 atom stereocenters. The van der Waals surface area contributed by atoms with Crippen molar-refractivity contribution in [1.82, 2.24) is 0 Å². The van der Waals surface area contributed by atoms with Crippen molar-refractivity contribution in [3.63, 3.8) is 0 Å². The van der Waals surface area contributed by atoms with Crippen molar-refractivity contribution in [1.29, 1.82) is 0 Å². The molecular weight excluding hydrogens is 240 g/mol. The van der Waals surface area contributed by atoms with E-state index in [1.807, 2.05) is 0 Å². The fraction of sp³-hybridized carbons (Fsp3) is 0.688. The standard InChI is InChI=1S/C16H20O3/c17-15(14-2-1-3-18-14)19-10-16-7-11-4-12(8-16)6-13(5-11)9-16/h1-3,11-13H,4-10H2.